The fraction of sp³-hybridized carbons (Fsp3) is 0.400. The highest BCUT2D eigenvalue weighted by atomic mass is 19.1. The predicted octanol–water partition coefficient (Wildman–Crippen LogP) is 3.38. The Morgan fingerprint density at radius 3 is 2.82 bits per heavy atom. The van der Waals surface area contributed by atoms with Gasteiger partial charge in [-0.1, -0.05) is 25.2 Å². The van der Waals surface area contributed by atoms with E-state index >= 15 is 0 Å². The van der Waals surface area contributed by atoms with Crippen LogP contribution in [0.5, 0.6) is 0 Å². The van der Waals surface area contributed by atoms with E-state index in [1.54, 1.807) is 6.08 Å². The number of hydrogen-bond acceptors (Lipinski definition) is 0. The summed E-state index contributed by atoms with van der Waals surface area (Å²) in [7, 11) is 0. The molecule has 60 valence electrons. The topological polar surface area (TPSA) is 0 Å². The van der Waals surface area contributed by atoms with Crippen LogP contribution in [0.2, 0.25) is 0 Å². The monoisotopic (exact) mass is 152 g/mol. The minimum Gasteiger partial charge on any atom is -0.212 e. The molecule has 0 aliphatic heterocycles. The van der Waals surface area contributed by atoms with E-state index in [0.717, 1.165) is 0 Å². The van der Waals surface area contributed by atoms with Gasteiger partial charge in [-0.15, -0.1) is 0 Å². The Labute approximate surface area is 67.1 Å². The maximum atomic E-state index is 12.6. The first-order valence-corrected chi connectivity index (χ1v) is 3.93. The molecule has 1 unspecified atom stereocenters. The van der Waals surface area contributed by atoms with E-state index in [2.05, 4.69) is 0 Å². The molecule has 0 spiro atoms. The van der Waals surface area contributed by atoms with Gasteiger partial charge in [-0.2, -0.15) is 0 Å². The Kier molecular flexibility index (Phi) is 2.64. The van der Waals surface area contributed by atoms with Gasteiger partial charge in [0.1, 0.15) is 5.83 Å². The van der Waals surface area contributed by atoms with Crippen LogP contribution >= 0.6 is 0 Å². The second kappa shape index (κ2) is 3.51. The van der Waals surface area contributed by atoms with Crippen molar-refractivity contribution in [3.05, 3.63) is 35.7 Å². The highest BCUT2D eigenvalue weighted by Crippen LogP contribution is 2.25. The number of rotatable bonds is 1. The van der Waals surface area contributed by atoms with Crippen molar-refractivity contribution in [2.24, 2.45) is 5.92 Å². The molecule has 1 atom stereocenters. The Morgan fingerprint density at radius 2 is 2.27 bits per heavy atom. The third kappa shape index (κ3) is 2.04. The van der Waals surface area contributed by atoms with Crippen LogP contribution in [0.1, 0.15) is 20.3 Å². The quantitative estimate of drug-likeness (QED) is 0.540. The van der Waals surface area contributed by atoms with Crippen molar-refractivity contribution in [2.75, 3.05) is 0 Å². The fourth-order valence-corrected chi connectivity index (χ4v) is 1.24. The molecule has 0 N–H and O–H groups in total. The first-order chi connectivity index (χ1) is 5.24. The molecule has 0 heterocycles. The summed E-state index contributed by atoms with van der Waals surface area (Å²) in [5.74, 6) is 0.321. The lowest BCUT2D eigenvalue weighted by molar-refractivity contribution is 0.526. The fourth-order valence-electron chi connectivity index (χ4n) is 1.24. The van der Waals surface area contributed by atoms with Crippen LogP contribution in [-0.4, -0.2) is 0 Å². The average Bonchev–Trinajstić information content (AvgIpc) is 1.95. The van der Waals surface area contributed by atoms with Crippen molar-refractivity contribution in [1.82, 2.24) is 0 Å². The molecular weight excluding hydrogens is 139 g/mol. The molecule has 0 bridgehead atoms. The second-order valence-electron chi connectivity index (χ2n) is 2.89. The summed E-state index contributed by atoms with van der Waals surface area (Å²) in [6.45, 7) is 4.01. The number of hydrogen-bond donors (Lipinski definition) is 0. The SMILES string of the molecule is C/C=C\C1=CC=C(F)CC1C. The Hall–Kier alpha value is -0.850. The molecule has 0 aromatic heterocycles. The third-order valence-corrected chi connectivity index (χ3v) is 1.89. The van der Waals surface area contributed by atoms with Crippen molar-refractivity contribution in [2.45, 2.75) is 20.3 Å². The zero-order valence-electron chi connectivity index (χ0n) is 6.97. The van der Waals surface area contributed by atoms with Crippen LogP contribution in [-0.2, 0) is 0 Å². The molecule has 11 heavy (non-hydrogen) atoms. The molecule has 1 aliphatic rings. The molecule has 1 heteroatoms. The van der Waals surface area contributed by atoms with Crippen molar-refractivity contribution < 1.29 is 4.39 Å². The third-order valence-electron chi connectivity index (χ3n) is 1.89. The van der Waals surface area contributed by atoms with Gasteiger partial charge >= 0.3 is 0 Å². The van der Waals surface area contributed by atoms with Crippen LogP contribution in [0, 0.1) is 5.92 Å². The van der Waals surface area contributed by atoms with E-state index in [0.29, 0.717) is 12.3 Å². The normalized spacial score (nSPS) is 25.2. The van der Waals surface area contributed by atoms with E-state index < -0.39 is 0 Å². The smallest absolute Gasteiger partial charge is 0.101 e. The molecule has 0 radical (unpaired) electrons. The first kappa shape index (κ1) is 8.25. The van der Waals surface area contributed by atoms with Crippen molar-refractivity contribution in [3.63, 3.8) is 0 Å². The molecule has 1 aliphatic carbocycles. The van der Waals surface area contributed by atoms with E-state index in [4.69, 9.17) is 0 Å². The molecule has 0 nitrogen and oxygen atoms in total. The maximum absolute atomic E-state index is 12.6. The Balaban J connectivity index is 2.78. The Morgan fingerprint density at radius 1 is 1.55 bits per heavy atom. The van der Waals surface area contributed by atoms with Gasteiger partial charge in [0.15, 0.2) is 0 Å². The van der Waals surface area contributed by atoms with Crippen LogP contribution in [0.3, 0.4) is 0 Å². The minimum absolute atomic E-state index is 0.00856. The molecule has 0 amide bonds. The summed E-state index contributed by atoms with van der Waals surface area (Å²) in [6, 6.07) is 0. The van der Waals surface area contributed by atoms with Crippen molar-refractivity contribution in [3.8, 4) is 0 Å². The van der Waals surface area contributed by atoms with E-state index in [1.165, 1.54) is 5.57 Å². The largest absolute Gasteiger partial charge is 0.212 e. The number of halogens is 1. The molecular formula is C10H13F. The zero-order chi connectivity index (χ0) is 8.27. The van der Waals surface area contributed by atoms with E-state index in [1.807, 2.05) is 32.1 Å². The van der Waals surface area contributed by atoms with Crippen molar-refractivity contribution in [1.29, 1.82) is 0 Å². The minimum atomic E-state index is -0.00856. The van der Waals surface area contributed by atoms with Gasteiger partial charge in [0.05, 0.1) is 0 Å². The van der Waals surface area contributed by atoms with Crippen LogP contribution in [0.4, 0.5) is 4.39 Å². The predicted molar refractivity (Wildman–Crippen MR) is 45.9 cm³/mol. The first-order valence-electron chi connectivity index (χ1n) is 3.93. The lowest BCUT2D eigenvalue weighted by Crippen LogP contribution is -2.01. The van der Waals surface area contributed by atoms with Gasteiger partial charge in [0.25, 0.3) is 0 Å². The average molecular weight is 152 g/mol. The van der Waals surface area contributed by atoms with E-state index in [-0.39, 0.29) is 5.83 Å². The molecule has 1 rings (SSSR count). The standard InChI is InChI=1S/C10H13F/c1-3-4-9-5-6-10(11)7-8(9)2/h3-6,8H,7H2,1-2H3/b4-3-. The molecule has 0 aromatic carbocycles. The molecule has 0 saturated carbocycles. The lowest BCUT2D eigenvalue weighted by Gasteiger charge is -2.14. The van der Waals surface area contributed by atoms with Crippen LogP contribution in [0.25, 0.3) is 0 Å². The lowest BCUT2D eigenvalue weighted by atomic mass is 9.92. The van der Waals surface area contributed by atoms with Crippen molar-refractivity contribution >= 4 is 0 Å². The van der Waals surface area contributed by atoms with Gasteiger partial charge in [-0.3, -0.25) is 0 Å². The summed E-state index contributed by atoms with van der Waals surface area (Å²) >= 11 is 0. The van der Waals surface area contributed by atoms with Gasteiger partial charge in [0, 0.05) is 6.42 Å². The summed E-state index contributed by atoms with van der Waals surface area (Å²) in [4.78, 5) is 0. The highest BCUT2D eigenvalue weighted by Gasteiger charge is 2.11. The number of allylic oxidation sites excluding steroid dienone is 6. The van der Waals surface area contributed by atoms with Gasteiger partial charge in [-0.05, 0) is 24.5 Å². The van der Waals surface area contributed by atoms with Gasteiger partial charge < -0.3 is 0 Å². The summed E-state index contributed by atoms with van der Waals surface area (Å²) in [5, 5.41) is 0. The molecule has 0 fully saturated rings. The van der Waals surface area contributed by atoms with Gasteiger partial charge in [0.2, 0.25) is 0 Å². The summed E-state index contributed by atoms with van der Waals surface area (Å²) < 4.78 is 12.6. The summed E-state index contributed by atoms with van der Waals surface area (Å²) in [5.41, 5.74) is 1.22. The van der Waals surface area contributed by atoms with Crippen LogP contribution < -0.4 is 0 Å². The molecule has 0 saturated heterocycles. The van der Waals surface area contributed by atoms with E-state index in [9.17, 15) is 4.39 Å². The molecule has 0 aromatic rings. The zero-order valence-corrected chi connectivity index (χ0v) is 6.97. The van der Waals surface area contributed by atoms with Gasteiger partial charge in [-0.25, -0.2) is 4.39 Å². The Bertz CT molecular complexity index is 221. The highest BCUT2D eigenvalue weighted by molar-refractivity contribution is 5.30. The second-order valence-corrected chi connectivity index (χ2v) is 2.89. The van der Waals surface area contributed by atoms with Crippen LogP contribution in [0.15, 0.2) is 35.7 Å². The maximum Gasteiger partial charge on any atom is 0.101 e. The summed E-state index contributed by atoms with van der Waals surface area (Å²) in [6.07, 6.45) is 7.97.